The minimum atomic E-state index is -1.01. The second kappa shape index (κ2) is 5.63. The molecule has 0 unspecified atom stereocenters. The molecular formula is C13H10ClN3O3. The summed E-state index contributed by atoms with van der Waals surface area (Å²) in [6.07, 6.45) is -0.259. The molecule has 0 aliphatic carbocycles. The molecule has 0 atom stereocenters. The van der Waals surface area contributed by atoms with Crippen LogP contribution in [-0.2, 0) is 11.2 Å². The van der Waals surface area contributed by atoms with Crippen LogP contribution >= 0.6 is 11.6 Å². The number of carbonyl (C=O) groups is 1. The van der Waals surface area contributed by atoms with Crippen LogP contribution in [0, 0.1) is 18.3 Å². The van der Waals surface area contributed by atoms with Gasteiger partial charge in [-0.25, -0.2) is 0 Å². The van der Waals surface area contributed by atoms with Crippen molar-refractivity contribution in [2.24, 2.45) is 0 Å². The molecule has 0 spiro atoms. The van der Waals surface area contributed by atoms with Gasteiger partial charge in [0.2, 0.25) is 0 Å². The summed E-state index contributed by atoms with van der Waals surface area (Å²) in [5.74, 6) is -0.325. The zero-order valence-electron chi connectivity index (χ0n) is 10.5. The number of aryl methyl sites for hydroxylation is 1. The Morgan fingerprint density at radius 3 is 2.95 bits per heavy atom. The van der Waals surface area contributed by atoms with Gasteiger partial charge in [-0.3, -0.25) is 9.89 Å². The highest BCUT2D eigenvalue weighted by molar-refractivity contribution is 6.30. The van der Waals surface area contributed by atoms with Gasteiger partial charge in [0.15, 0.2) is 5.75 Å². The molecule has 6 nitrogen and oxygen atoms in total. The molecule has 0 aliphatic rings. The van der Waals surface area contributed by atoms with Crippen LogP contribution in [0.25, 0.3) is 0 Å². The summed E-state index contributed by atoms with van der Waals surface area (Å²) < 4.78 is 5.61. The van der Waals surface area contributed by atoms with Gasteiger partial charge in [-0.1, -0.05) is 11.6 Å². The number of aliphatic carboxylic acids is 1. The van der Waals surface area contributed by atoms with Crippen LogP contribution < -0.4 is 4.74 Å². The third-order valence-corrected chi connectivity index (χ3v) is 2.72. The van der Waals surface area contributed by atoms with E-state index in [-0.39, 0.29) is 12.1 Å². The maximum absolute atomic E-state index is 10.8. The zero-order chi connectivity index (χ0) is 14.7. The fourth-order valence-corrected chi connectivity index (χ4v) is 1.90. The predicted octanol–water partition coefficient (Wildman–Crippen LogP) is 2.66. The van der Waals surface area contributed by atoms with Gasteiger partial charge in [0.05, 0.1) is 23.7 Å². The minimum Gasteiger partial charge on any atom is -0.481 e. The molecule has 1 aromatic heterocycles. The normalized spacial score (nSPS) is 10.1. The second-order valence-corrected chi connectivity index (χ2v) is 4.52. The summed E-state index contributed by atoms with van der Waals surface area (Å²) in [6, 6.07) is 6.53. The van der Waals surface area contributed by atoms with Crippen molar-refractivity contribution in [3.8, 4) is 17.6 Å². The van der Waals surface area contributed by atoms with E-state index >= 15 is 0 Å². The number of benzene rings is 1. The lowest BCUT2D eigenvalue weighted by molar-refractivity contribution is -0.136. The number of hydrogen-bond donors (Lipinski definition) is 2. The quantitative estimate of drug-likeness (QED) is 0.902. The zero-order valence-corrected chi connectivity index (χ0v) is 11.2. The lowest BCUT2D eigenvalue weighted by atomic mass is 10.2. The predicted molar refractivity (Wildman–Crippen MR) is 70.9 cm³/mol. The molecule has 0 aliphatic heterocycles. The van der Waals surface area contributed by atoms with Crippen LogP contribution in [0.4, 0.5) is 0 Å². The Hall–Kier alpha value is -2.52. The van der Waals surface area contributed by atoms with Crippen molar-refractivity contribution in [2.45, 2.75) is 13.3 Å². The summed E-state index contributed by atoms with van der Waals surface area (Å²) >= 11 is 5.88. The van der Waals surface area contributed by atoms with E-state index in [9.17, 15) is 4.79 Å². The van der Waals surface area contributed by atoms with Gasteiger partial charge in [-0.2, -0.15) is 10.4 Å². The average molecular weight is 292 g/mol. The van der Waals surface area contributed by atoms with E-state index in [4.69, 9.17) is 26.7 Å². The Kier molecular flexibility index (Phi) is 3.91. The third kappa shape index (κ3) is 3.08. The Labute approximate surface area is 119 Å². The van der Waals surface area contributed by atoms with E-state index in [1.807, 2.05) is 6.07 Å². The Morgan fingerprint density at radius 2 is 2.30 bits per heavy atom. The summed E-state index contributed by atoms with van der Waals surface area (Å²) in [5.41, 5.74) is 1.24. The lowest BCUT2D eigenvalue weighted by Crippen LogP contribution is -2.02. The van der Waals surface area contributed by atoms with Crippen molar-refractivity contribution >= 4 is 17.6 Å². The molecule has 2 N–H and O–H groups in total. The summed E-state index contributed by atoms with van der Waals surface area (Å²) in [4.78, 5) is 10.8. The van der Waals surface area contributed by atoms with E-state index in [1.54, 1.807) is 13.0 Å². The van der Waals surface area contributed by atoms with Gasteiger partial charge in [0.25, 0.3) is 0 Å². The average Bonchev–Trinajstić information content (AvgIpc) is 2.70. The lowest BCUT2D eigenvalue weighted by Gasteiger charge is -2.07. The first-order valence-electron chi connectivity index (χ1n) is 5.63. The number of nitrogens with one attached hydrogen (secondary N) is 1. The Morgan fingerprint density at radius 1 is 1.55 bits per heavy atom. The fraction of sp³-hybridized carbons (Fsp3) is 0.154. The maximum atomic E-state index is 10.8. The fourth-order valence-electron chi connectivity index (χ4n) is 1.67. The standard InChI is InChI=1S/C13H10ClN3O3/c1-7-13(11(17-16-7)5-12(18)19)20-10-3-8(6-15)2-9(14)4-10/h2-4H,5H2,1H3,(H,16,17)(H,18,19). The van der Waals surface area contributed by atoms with E-state index in [1.165, 1.54) is 12.1 Å². The molecule has 102 valence electrons. The third-order valence-electron chi connectivity index (χ3n) is 2.50. The molecule has 7 heteroatoms. The molecule has 2 aromatic rings. The first kappa shape index (κ1) is 13.9. The van der Waals surface area contributed by atoms with Crippen molar-refractivity contribution in [2.75, 3.05) is 0 Å². The van der Waals surface area contributed by atoms with Crippen LogP contribution in [0.15, 0.2) is 18.2 Å². The van der Waals surface area contributed by atoms with Crippen molar-refractivity contribution in [1.29, 1.82) is 5.26 Å². The maximum Gasteiger partial charge on any atom is 0.309 e. The molecule has 1 aromatic carbocycles. The molecule has 0 bridgehead atoms. The molecule has 0 saturated heterocycles. The van der Waals surface area contributed by atoms with Gasteiger partial charge in [-0.05, 0) is 25.1 Å². The number of hydrogen-bond acceptors (Lipinski definition) is 4. The smallest absolute Gasteiger partial charge is 0.309 e. The summed E-state index contributed by atoms with van der Waals surface area (Å²) in [5, 5.41) is 24.6. The number of carboxylic acids is 1. The van der Waals surface area contributed by atoms with Gasteiger partial charge in [-0.15, -0.1) is 0 Å². The number of carboxylic acid groups (broad SMARTS) is 1. The largest absolute Gasteiger partial charge is 0.481 e. The topological polar surface area (TPSA) is 99.0 Å². The van der Waals surface area contributed by atoms with Crippen LogP contribution in [0.5, 0.6) is 11.5 Å². The van der Waals surface area contributed by atoms with E-state index in [2.05, 4.69) is 10.2 Å². The number of nitriles is 1. The number of aromatic nitrogens is 2. The highest BCUT2D eigenvalue weighted by Crippen LogP contribution is 2.30. The van der Waals surface area contributed by atoms with Crippen LogP contribution in [-0.4, -0.2) is 21.3 Å². The number of halogens is 1. The van der Waals surface area contributed by atoms with Crippen molar-refractivity contribution in [1.82, 2.24) is 10.2 Å². The van der Waals surface area contributed by atoms with Crippen molar-refractivity contribution in [3.05, 3.63) is 40.2 Å². The number of rotatable bonds is 4. The number of aromatic amines is 1. The van der Waals surface area contributed by atoms with Crippen LogP contribution in [0.3, 0.4) is 0 Å². The molecule has 20 heavy (non-hydrogen) atoms. The van der Waals surface area contributed by atoms with E-state index in [0.717, 1.165) is 0 Å². The number of nitrogens with zero attached hydrogens (tertiary/aromatic N) is 2. The highest BCUT2D eigenvalue weighted by Gasteiger charge is 2.16. The van der Waals surface area contributed by atoms with Crippen LogP contribution in [0.2, 0.25) is 5.02 Å². The van der Waals surface area contributed by atoms with Gasteiger partial charge in [0, 0.05) is 5.02 Å². The van der Waals surface area contributed by atoms with Crippen molar-refractivity contribution in [3.63, 3.8) is 0 Å². The molecule has 2 rings (SSSR count). The SMILES string of the molecule is Cc1[nH]nc(CC(=O)O)c1Oc1cc(Cl)cc(C#N)c1. The molecule has 0 radical (unpaired) electrons. The molecule has 0 fully saturated rings. The van der Waals surface area contributed by atoms with E-state index in [0.29, 0.717) is 27.8 Å². The number of H-pyrrole nitrogens is 1. The minimum absolute atomic E-state index is 0.259. The first-order chi connectivity index (χ1) is 9.49. The number of ether oxygens (including phenoxy) is 1. The van der Waals surface area contributed by atoms with Crippen molar-refractivity contribution < 1.29 is 14.6 Å². The molecule has 0 amide bonds. The molecular weight excluding hydrogens is 282 g/mol. The van der Waals surface area contributed by atoms with Gasteiger partial charge < -0.3 is 9.84 Å². The molecule has 0 saturated carbocycles. The summed E-state index contributed by atoms with van der Waals surface area (Å²) in [6.45, 7) is 1.71. The van der Waals surface area contributed by atoms with E-state index < -0.39 is 5.97 Å². The Balaban J connectivity index is 2.35. The van der Waals surface area contributed by atoms with Gasteiger partial charge >= 0.3 is 5.97 Å². The first-order valence-corrected chi connectivity index (χ1v) is 6.01. The summed E-state index contributed by atoms with van der Waals surface area (Å²) in [7, 11) is 0. The van der Waals surface area contributed by atoms with Gasteiger partial charge in [0.1, 0.15) is 11.4 Å². The molecule has 1 heterocycles. The van der Waals surface area contributed by atoms with Crippen LogP contribution in [0.1, 0.15) is 17.0 Å². The Bertz CT molecular complexity index is 703. The second-order valence-electron chi connectivity index (χ2n) is 4.08. The highest BCUT2D eigenvalue weighted by atomic mass is 35.5. The monoisotopic (exact) mass is 291 g/mol.